The number of guanidine groups is 1. The van der Waals surface area contributed by atoms with Crippen LogP contribution in [-0.4, -0.2) is 32.7 Å². The lowest BCUT2D eigenvalue weighted by molar-refractivity contribution is 0.409. The number of methoxy groups -OCH3 is 1. The minimum absolute atomic E-state index is 0. The Bertz CT molecular complexity index is 445. The Balaban J connectivity index is 0.00000220. The van der Waals surface area contributed by atoms with Crippen molar-refractivity contribution in [3.8, 4) is 5.75 Å². The SMILES string of the molecule is CN=C(NCCc1ccccc1OC)NC1CCCC1.I. The highest BCUT2D eigenvalue weighted by atomic mass is 127. The molecule has 0 aliphatic heterocycles. The number of benzene rings is 1. The maximum atomic E-state index is 5.36. The molecule has 0 radical (unpaired) electrons. The van der Waals surface area contributed by atoms with Crippen molar-refractivity contribution in [3.05, 3.63) is 29.8 Å². The normalized spacial score (nSPS) is 15.4. The van der Waals surface area contributed by atoms with Crippen LogP contribution in [0.3, 0.4) is 0 Å². The molecule has 0 bridgehead atoms. The first-order valence-corrected chi connectivity index (χ1v) is 7.42. The monoisotopic (exact) mass is 403 g/mol. The summed E-state index contributed by atoms with van der Waals surface area (Å²) in [5.74, 6) is 1.86. The van der Waals surface area contributed by atoms with E-state index in [-0.39, 0.29) is 24.0 Å². The molecule has 0 amide bonds. The first kappa shape index (κ1) is 18.1. The van der Waals surface area contributed by atoms with Crippen LogP contribution in [-0.2, 0) is 6.42 Å². The van der Waals surface area contributed by atoms with Crippen molar-refractivity contribution < 1.29 is 4.74 Å². The van der Waals surface area contributed by atoms with E-state index in [1.54, 1.807) is 7.11 Å². The van der Waals surface area contributed by atoms with Crippen LogP contribution in [0.4, 0.5) is 0 Å². The van der Waals surface area contributed by atoms with Gasteiger partial charge in [0.25, 0.3) is 0 Å². The minimum Gasteiger partial charge on any atom is -0.496 e. The topological polar surface area (TPSA) is 45.7 Å². The summed E-state index contributed by atoms with van der Waals surface area (Å²) in [6, 6.07) is 8.74. The van der Waals surface area contributed by atoms with Crippen LogP contribution >= 0.6 is 24.0 Å². The summed E-state index contributed by atoms with van der Waals surface area (Å²) >= 11 is 0. The van der Waals surface area contributed by atoms with Gasteiger partial charge in [-0.1, -0.05) is 31.0 Å². The number of halogens is 1. The molecular weight excluding hydrogens is 377 g/mol. The Kier molecular flexibility index (Phi) is 8.49. The molecule has 0 saturated heterocycles. The zero-order valence-electron chi connectivity index (χ0n) is 12.9. The van der Waals surface area contributed by atoms with Gasteiger partial charge in [0.05, 0.1) is 7.11 Å². The second-order valence-electron chi connectivity index (χ2n) is 5.19. The average molecular weight is 403 g/mol. The molecule has 1 fully saturated rings. The predicted molar refractivity (Wildman–Crippen MR) is 98.9 cm³/mol. The molecule has 0 aromatic heterocycles. The smallest absolute Gasteiger partial charge is 0.191 e. The van der Waals surface area contributed by atoms with E-state index in [4.69, 9.17) is 4.74 Å². The Morgan fingerprint density at radius 3 is 2.67 bits per heavy atom. The third-order valence-electron chi connectivity index (χ3n) is 3.80. The third kappa shape index (κ3) is 5.73. The van der Waals surface area contributed by atoms with Gasteiger partial charge in [0.1, 0.15) is 5.75 Å². The van der Waals surface area contributed by atoms with E-state index in [0.29, 0.717) is 6.04 Å². The van der Waals surface area contributed by atoms with Crippen LogP contribution in [0, 0.1) is 0 Å². The quantitative estimate of drug-likeness (QED) is 0.452. The van der Waals surface area contributed by atoms with E-state index in [2.05, 4.69) is 21.7 Å². The van der Waals surface area contributed by atoms with Crippen LogP contribution in [0.5, 0.6) is 5.75 Å². The Hall–Kier alpha value is -0.980. The van der Waals surface area contributed by atoms with Gasteiger partial charge in [-0.2, -0.15) is 0 Å². The summed E-state index contributed by atoms with van der Waals surface area (Å²) in [5, 5.41) is 6.87. The first-order valence-electron chi connectivity index (χ1n) is 7.42. The fraction of sp³-hybridized carbons (Fsp3) is 0.562. The Morgan fingerprint density at radius 1 is 1.29 bits per heavy atom. The van der Waals surface area contributed by atoms with Gasteiger partial charge in [-0.3, -0.25) is 4.99 Å². The van der Waals surface area contributed by atoms with Gasteiger partial charge in [0, 0.05) is 19.6 Å². The summed E-state index contributed by atoms with van der Waals surface area (Å²) in [6.07, 6.45) is 6.10. The van der Waals surface area contributed by atoms with Crippen molar-refractivity contribution in [3.63, 3.8) is 0 Å². The van der Waals surface area contributed by atoms with Crippen molar-refractivity contribution in [1.29, 1.82) is 0 Å². The molecule has 21 heavy (non-hydrogen) atoms. The predicted octanol–water partition coefficient (Wildman–Crippen LogP) is 2.96. The Morgan fingerprint density at radius 2 is 2.00 bits per heavy atom. The lowest BCUT2D eigenvalue weighted by Crippen LogP contribution is -2.43. The molecule has 1 aliphatic rings. The number of hydrogen-bond donors (Lipinski definition) is 2. The van der Waals surface area contributed by atoms with Crippen LogP contribution in [0.15, 0.2) is 29.3 Å². The van der Waals surface area contributed by atoms with Crippen molar-refractivity contribution in [2.45, 2.75) is 38.1 Å². The molecule has 4 nitrogen and oxygen atoms in total. The van der Waals surface area contributed by atoms with Gasteiger partial charge in [0.15, 0.2) is 5.96 Å². The third-order valence-corrected chi connectivity index (χ3v) is 3.80. The number of hydrogen-bond acceptors (Lipinski definition) is 2. The summed E-state index contributed by atoms with van der Waals surface area (Å²) in [7, 11) is 3.54. The molecule has 118 valence electrons. The lowest BCUT2D eigenvalue weighted by Gasteiger charge is -2.17. The molecule has 5 heteroatoms. The molecule has 0 atom stereocenters. The average Bonchev–Trinajstić information content (AvgIpc) is 2.99. The van der Waals surface area contributed by atoms with E-state index in [9.17, 15) is 0 Å². The maximum absolute atomic E-state index is 5.36. The van der Waals surface area contributed by atoms with Crippen LogP contribution < -0.4 is 15.4 Å². The zero-order valence-corrected chi connectivity index (χ0v) is 15.2. The highest BCUT2D eigenvalue weighted by Gasteiger charge is 2.15. The molecule has 2 N–H and O–H groups in total. The summed E-state index contributed by atoms with van der Waals surface area (Å²) < 4.78 is 5.36. The van der Waals surface area contributed by atoms with Crippen molar-refractivity contribution in [1.82, 2.24) is 10.6 Å². The van der Waals surface area contributed by atoms with Crippen molar-refractivity contribution in [2.24, 2.45) is 4.99 Å². The fourth-order valence-electron chi connectivity index (χ4n) is 2.68. The van der Waals surface area contributed by atoms with Crippen molar-refractivity contribution >= 4 is 29.9 Å². The molecule has 0 spiro atoms. The molecule has 0 heterocycles. The summed E-state index contributed by atoms with van der Waals surface area (Å²) in [5.41, 5.74) is 1.22. The minimum atomic E-state index is 0. The van der Waals surface area contributed by atoms with E-state index < -0.39 is 0 Å². The van der Waals surface area contributed by atoms with Crippen LogP contribution in [0.1, 0.15) is 31.2 Å². The summed E-state index contributed by atoms with van der Waals surface area (Å²) in [6.45, 7) is 0.854. The molecule has 2 rings (SSSR count). The highest BCUT2D eigenvalue weighted by Crippen LogP contribution is 2.18. The van der Waals surface area contributed by atoms with Gasteiger partial charge in [-0.25, -0.2) is 0 Å². The number of nitrogens with one attached hydrogen (secondary N) is 2. The number of aliphatic imine (C=N–C) groups is 1. The molecule has 1 aromatic carbocycles. The molecule has 1 aliphatic carbocycles. The number of ether oxygens (including phenoxy) is 1. The Labute approximate surface area is 144 Å². The number of nitrogens with zero attached hydrogens (tertiary/aromatic N) is 1. The molecule has 1 saturated carbocycles. The van der Waals surface area contributed by atoms with Gasteiger partial charge in [0.2, 0.25) is 0 Å². The molecule has 0 unspecified atom stereocenters. The van der Waals surface area contributed by atoms with E-state index in [1.165, 1.54) is 31.2 Å². The number of para-hydroxylation sites is 1. The number of rotatable bonds is 5. The standard InChI is InChI=1S/C16H25N3O.HI/c1-17-16(19-14-8-4-5-9-14)18-12-11-13-7-3-6-10-15(13)20-2;/h3,6-7,10,14H,4-5,8-9,11-12H2,1-2H3,(H2,17,18,19);1H. The largest absolute Gasteiger partial charge is 0.496 e. The van der Waals surface area contributed by atoms with Crippen LogP contribution in [0.25, 0.3) is 0 Å². The summed E-state index contributed by atoms with van der Waals surface area (Å²) in [4.78, 5) is 4.29. The van der Waals surface area contributed by atoms with Gasteiger partial charge < -0.3 is 15.4 Å². The van der Waals surface area contributed by atoms with Gasteiger partial charge in [-0.15, -0.1) is 24.0 Å². The maximum Gasteiger partial charge on any atom is 0.191 e. The second-order valence-corrected chi connectivity index (χ2v) is 5.19. The van der Waals surface area contributed by atoms with Crippen molar-refractivity contribution in [2.75, 3.05) is 20.7 Å². The van der Waals surface area contributed by atoms with E-state index in [0.717, 1.165) is 24.7 Å². The molecular formula is C16H26IN3O. The van der Waals surface area contributed by atoms with Gasteiger partial charge in [-0.05, 0) is 30.9 Å². The fourth-order valence-corrected chi connectivity index (χ4v) is 2.68. The molecule has 1 aromatic rings. The first-order chi connectivity index (χ1) is 9.83. The van der Waals surface area contributed by atoms with Crippen LogP contribution in [0.2, 0.25) is 0 Å². The second kappa shape index (κ2) is 9.87. The van der Waals surface area contributed by atoms with E-state index in [1.807, 2.05) is 25.2 Å². The van der Waals surface area contributed by atoms with Gasteiger partial charge >= 0.3 is 0 Å². The lowest BCUT2D eigenvalue weighted by atomic mass is 10.1. The highest BCUT2D eigenvalue weighted by molar-refractivity contribution is 14.0. The van der Waals surface area contributed by atoms with E-state index >= 15 is 0 Å². The zero-order chi connectivity index (χ0) is 14.2.